The molecule has 1 aromatic rings. The van der Waals surface area contributed by atoms with Crippen molar-refractivity contribution >= 4 is 5.91 Å². The predicted molar refractivity (Wildman–Crippen MR) is 97.1 cm³/mol. The zero-order valence-electron chi connectivity index (χ0n) is 15.1. The Morgan fingerprint density at radius 2 is 2.28 bits per heavy atom. The summed E-state index contributed by atoms with van der Waals surface area (Å²) in [4.78, 5) is 11.6. The normalized spacial score (nSPS) is 28.6. The molecule has 0 radical (unpaired) electrons. The van der Waals surface area contributed by atoms with Gasteiger partial charge in [-0.3, -0.25) is 4.79 Å². The Morgan fingerprint density at radius 1 is 1.48 bits per heavy atom. The molecule has 5 heteroatoms. The topological polar surface area (TPSA) is 73.6 Å². The number of primary amides is 1. The molecule has 1 amide bonds. The van der Waals surface area contributed by atoms with E-state index in [1.807, 2.05) is 18.2 Å². The minimum Gasteiger partial charge on any atom is -0.390 e. The molecule has 1 aromatic carbocycles. The van der Waals surface area contributed by atoms with E-state index in [1.54, 1.807) is 13.2 Å². The minimum atomic E-state index is -0.521. The molecule has 1 saturated heterocycles. The minimum absolute atomic E-state index is 0.314. The highest BCUT2D eigenvalue weighted by molar-refractivity contribution is 5.93. The van der Waals surface area contributed by atoms with E-state index in [1.165, 1.54) is 5.57 Å². The van der Waals surface area contributed by atoms with Gasteiger partial charge in [0.05, 0.1) is 13.2 Å². The Labute approximate surface area is 149 Å². The summed E-state index contributed by atoms with van der Waals surface area (Å²) in [5, 5.41) is 3.46. The molecule has 0 spiro atoms. The van der Waals surface area contributed by atoms with E-state index in [2.05, 4.69) is 18.4 Å². The van der Waals surface area contributed by atoms with Crippen molar-refractivity contribution in [3.8, 4) is 0 Å². The molecule has 2 aliphatic rings. The molecule has 2 fully saturated rings. The van der Waals surface area contributed by atoms with Crippen LogP contribution in [0.5, 0.6) is 0 Å². The van der Waals surface area contributed by atoms with Crippen molar-refractivity contribution in [1.29, 1.82) is 0 Å². The van der Waals surface area contributed by atoms with Crippen LogP contribution in [0.3, 0.4) is 0 Å². The lowest BCUT2D eigenvalue weighted by molar-refractivity contribution is -0.0440. The van der Waals surface area contributed by atoms with Crippen LogP contribution in [0.15, 0.2) is 36.0 Å². The highest BCUT2D eigenvalue weighted by Gasteiger charge is 2.44. The summed E-state index contributed by atoms with van der Waals surface area (Å²) in [6.45, 7) is 4.80. The van der Waals surface area contributed by atoms with E-state index in [-0.39, 0.29) is 0 Å². The Hall–Kier alpha value is -1.85. The molecule has 3 rings (SSSR count). The van der Waals surface area contributed by atoms with Crippen molar-refractivity contribution in [1.82, 2.24) is 5.32 Å². The van der Waals surface area contributed by atoms with E-state index in [0.717, 1.165) is 44.6 Å². The highest BCUT2D eigenvalue weighted by atomic mass is 16.5. The van der Waals surface area contributed by atoms with Crippen LogP contribution in [0, 0.1) is 11.8 Å². The van der Waals surface area contributed by atoms with Crippen LogP contribution in [0.4, 0.5) is 0 Å². The van der Waals surface area contributed by atoms with Crippen LogP contribution in [0.25, 0.3) is 0 Å². The van der Waals surface area contributed by atoms with E-state index in [9.17, 15) is 4.79 Å². The van der Waals surface area contributed by atoms with Gasteiger partial charge < -0.3 is 20.5 Å². The van der Waals surface area contributed by atoms with Gasteiger partial charge in [0, 0.05) is 25.1 Å². The number of methoxy groups -OCH3 is 1. The molecular formula is C20H28N2O3. The van der Waals surface area contributed by atoms with Gasteiger partial charge in [0.2, 0.25) is 5.91 Å². The standard InChI is InChI=1S/C20H28N2O3/c1-14-5-3-8-18(11-22-10-15-12-25-13-15)20(14,24-2)17-7-4-6-16(9-17)19(21)23/h4,6-7,9,11,14-15,22H,3,5,8,10,12-13H2,1-2H3,(H2,21,23)/b18-11+. The maximum atomic E-state index is 11.6. The second kappa shape index (κ2) is 7.58. The van der Waals surface area contributed by atoms with Gasteiger partial charge in [-0.2, -0.15) is 0 Å². The van der Waals surface area contributed by atoms with Crippen LogP contribution < -0.4 is 11.1 Å². The number of rotatable bonds is 6. The van der Waals surface area contributed by atoms with E-state index < -0.39 is 11.5 Å². The highest BCUT2D eigenvalue weighted by Crippen LogP contribution is 2.47. The number of carbonyl (C=O) groups excluding carboxylic acids is 1. The molecule has 1 aliphatic heterocycles. The second-order valence-electron chi connectivity index (χ2n) is 7.16. The van der Waals surface area contributed by atoms with Gasteiger partial charge >= 0.3 is 0 Å². The quantitative estimate of drug-likeness (QED) is 0.832. The molecular weight excluding hydrogens is 316 g/mol. The van der Waals surface area contributed by atoms with Crippen molar-refractivity contribution in [2.24, 2.45) is 17.6 Å². The number of nitrogens with two attached hydrogens (primary N) is 1. The summed E-state index contributed by atoms with van der Waals surface area (Å²) in [5.74, 6) is 0.493. The molecule has 1 aliphatic carbocycles. The number of nitrogens with one attached hydrogen (secondary N) is 1. The van der Waals surface area contributed by atoms with Crippen LogP contribution in [-0.2, 0) is 15.1 Å². The molecule has 5 nitrogen and oxygen atoms in total. The van der Waals surface area contributed by atoms with Crippen molar-refractivity contribution < 1.29 is 14.3 Å². The maximum Gasteiger partial charge on any atom is 0.248 e. The first-order chi connectivity index (χ1) is 12.1. The summed E-state index contributed by atoms with van der Waals surface area (Å²) in [6, 6.07) is 7.54. The number of amides is 1. The first-order valence-electron chi connectivity index (χ1n) is 9.04. The third-order valence-electron chi connectivity index (χ3n) is 5.54. The second-order valence-corrected chi connectivity index (χ2v) is 7.16. The molecule has 136 valence electrons. The van der Waals surface area contributed by atoms with Crippen LogP contribution in [-0.4, -0.2) is 32.8 Å². The Bertz CT molecular complexity index is 654. The lowest BCUT2D eigenvalue weighted by atomic mass is 9.69. The molecule has 25 heavy (non-hydrogen) atoms. The largest absolute Gasteiger partial charge is 0.390 e. The van der Waals surface area contributed by atoms with Crippen molar-refractivity contribution in [2.45, 2.75) is 31.8 Å². The Morgan fingerprint density at radius 3 is 2.92 bits per heavy atom. The first kappa shape index (κ1) is 18.0. The summed E-state index contributed by atoms with van der Waals surface area (Å²) in [5.41, 5.74) is 7.71. The fourth-order valence-electron chi connectivity index (χ4n) is 4.06. The van der Waals surface area contributed by atoms with Gasteiger partial charge in [-0.25, -0.2) is 0 Å². The van der Waals surface area contributed by atoms with E-state index in [0.29, 0.717) is 17.4 Å². The fraction of sp³-hybridized carbons (Fsp3) is 0.550. The van der Waals surface area contributed by atoms with Crippen molar-refractivity contribution in [3.05, 3.63) is 47.2 Å². The number of hydrogen-bond acceptors (Lipinski definition) is 4. The van der Waals surface area contributed by atoms with Gasteiger partial charge in [-0.15, -0.1) is 0 Å². The average molecular weight is 344 g/mol. The fourth-order valence-corrected chi connectivity index (χ4v) is 4.06. The van der Waals surface area contributed by atoms with Gasteiger partial charge in [0.1, 0.15) is 5.60 Å². The average Bonchev–Trinajstić information content (AvgIpc) is 2.57. The number of benzene rings is 1. The molecule has 0 aromatic heterocycles. The van der Waals surface area contributed by atoms with E-state index >= 15 is 0 Å². The van der Waals surface area contributed by atoms with Gasteiger partial charge in [-0.05, 0) is 54.6 Å². The maximum absolute atomic E-state index is 11.6. The summed E-state index contributed by atoms with van der Waals surface area (Å²) in [7, 11) is 1.76. The lowest BCUT2D eigenvalue weighted by Crippen LogP contribution is -2.42. The Kier molecular flexibility index (Phi) is 5.45. The van der Waals surface area contributed by atoms with Crippen molar-refractivity contribution in [3.63, 3.8) is 0 Å². The molecule has 1 heterocycles. The van der Waals surface area contributed by atoms with Crippen LogP contribution >= 0.6 is 0 Å². The van der Waals surface area contributed by atoms with Crippen LogP contribution in [0.1, 0.15) is 42.1 Å². The zero-order chi connectivity index (χ0) is 17.9. The monoisotopic (exact) mass is 344 g/mol. The number of hydrogen-bond donors (Lipinski definition) is 2. The molecule has 2 unspecified atom stereocenters. The molecule has 0 bridgehead atoms. The number of ether oxygens (including phenoxy) is 2. The Balaban J connectivity index is 1.93. The summed E-state index contributed by atoms with van der Waals surface area (Å²) in [6.07, 6.45) is 5.33. The molecule has 1 saturated carbocycles. The van der Waals surface area contributed by atoms with Gasteiger partial charge in [0.25, 0.3) is 0 Å². The van der Waals surface area contributed by atoms with E-state index in [4.69, 9.17) is 15.2 Å². The third-order valence-corrected chi connectivity index (χ3v) is 5.54. The summed E-state index contributed by atoms with van der Waals surface area (Å²) >= 11 is 0. The first-order valence-corrected chi connectivity index (χ1v) is 9.04. The molecule has 3 N–H and O–H groups in total. The van der Waals surface area contributed by atoms with Crippen molar-refractivity contribution in [2.75, 3.05) is 26.9 Å². The predicted octanol–water partition coefficient (Wildman–Crippen LogP) is 2.57. The summed E-state index contributed by atoms with van der Waals surface area (Å²) < 4.78 is 11.4. The number of carbonyl (C=O) groups is 1. The SMILES string of the molecule is COC1(c2cccc(C(N)=O)c2)/C(=C/NCC2COC2)CCCC1C. The van der Waals surface area contributed by atoms with Gasteiger partial charge in [-0.1, -0.05) is 19.1 Å². The van der Waals surface area contributed by atoms with Crippen LogP contribution in [0.2, 0.25) is 0 Å². The van der Waals surface area contributed by atoms with Gasteiger partial charge in [0.15, 0.2) is 0 Å². The lowest BCUT2D eigenvalue weighted by Gasteiger charge is -2.44. The smallest absolute Gasteiger partial charge is 0.248 e. The molecule has 2 atom stereocenters. The third kappa shape index (κ3) is 3.44. The zero-order valence-corrected chi connectivity index (χ0v) is 15.1.